The molecule has 0 aliphatic carbocycles. The summed E-state index contributed by atoms with van der Waals surface area (Å²) >= 11 is 0. The molecule has 0 bridgehead atoms. The first kappa shape index (κ1) is 10.5. The van der Waals surface area contributed by atoms with Crippen LogP contribution in [0.25, 0.3) is 10.9 Å². The van der Waals surface area contributed by atoms with Gasteiger partial charge in [0.05, 0.1) is 5.52 Å². The van der Waals surface area contributed by atoms with E-state index < -0.39 is 0 Å². The van der Waals surface area contributed by atoms with Crippen LogP contribution >= 0.6 is 0 Å². The number of pyridine rings is 1. The Hall–Kier alpha value is -1.61. The number of aryl methyl sites for hydroxylation is 1. The van der Waals surface area contributed by atoms with Crippen LogP contribution < -0.4 is 10.6 Å². The van der Waals surface area contributed by atoms with Crippen molar-refractivity contribution in [3.8, 4) is 0 Å². The number of anilines is 1. The highest BCUT2D eigenvalue weighted by Gasteiger charge is 2.14. The predicted octanol–water partition coefficient (Wildman–Crippen LogP) is 2.32. The Morgan fingerprint density at radius 1 is 1.29 bits per heavy atom. The predicted molar refractivity (Wildman–Crippen MR) is 71.4 cm³/mol. The number of nitrogens with zero attached hydrogens (tertiary/aromatic N) is 1. The summed E-state index contributed by atoms with van der Waals surface area (Å²) in [6.45, 7) is 4.24. The second-order valence-corrected chi connectivity index (χ2v) is 4.73. The quantitative estimate of drug-likeness (QED) is 0.826. The Morgan fingerprint density at radius 2 is 2.24 bits per heavy atom. The largest absolute Gasteiger partial charge is 0.366 e. The molecule has 2 aromatic rings. The summed E-state index contributed by atoms with van der Waals surface area (Å²) in [6.07, 6.45) is 1.17. The van der Waals surface area contributed by atoms with Gasteiger partial charge in [0.15, 0.2) is 0 Å². The third kappa shape index (κ3) is 2.24. The Balaban J connectivity index is 1.88. The molecule has 1 aromatic carbocycles. The molecular formula is C14H17N3. The highest BCUT2D eigenvalue weighted by molar-refractivity contribution is 5.80. The van der Waals surface area contributed by atoms with E-state index in [0.717, 1.165) is 24.4 Å². The summed E-state index contributed by atoms with van der Waals surface area (Å²) in [4.78, 5) is 4.64. The highest BCUT2D eigenvalue weighted by Crippen LogP contribution is 2.17. The van der Waals surface area contributed by atoms with Gasteiger partial charge in [0.2, 0.25) is 0 Å². The molecule has 1 unspecified atom stereocenters. The van der Waals surface area contributed by atoms with Crippen LogP contribution in [0.4, 0.5) is 5.82 Å². The maximum absolute atomic E-state index is 4.64. The smallest absolute Gasteiger partial charge is 0.126 e. The summed E-state index contributed by atoms with van der Waals surface area (Å²) < 4.78 is 0. The molecule has 1 aliphatic rings. The first-order valence-corrected chi connectivity index (χ1v) is 6.16. The zero-order valence-electron chi connectivity index (χ0n) is 10.0. The van der Waals surface area contributed by atoms with Crippen molar-refractivity contribution in [1.29, 1.82) is 0 Å². The summed E-state index contributed by atoms with van der Waals surface area (Å²) in [5.74, 6) is 0.982. The molecule has 0 amide bonds. The number of benzene rings is 1. The summed E-state index contributed by atoms with van der Waals surface area (Å²) in [7, 11) is 0. The molecule has 1 aromatic heterocycles. The van der Waals surface area contributed by atoms with E-state index in [1.54, 1.807) is 0 Å². The molecular weight excluding hydrogens is 210 g/mol. The molecule has 1 atom stereocenters. The summed E-state index contributed by atoms with van der Waals surface area (Å²) in [5.41, 5.74) is 2.34. The Kier molecular flexibility index (Phi) is 2.69. The van der Waals surface area contributed by atoms with Gasteiger partial charge < -0.3 is 10.6 Å². The zero-order chi connectivity index (χ0) is 11.7. The lowest BCUT2D eigenvalue weighted by atomic mass is 10.1. The Labute approximate surface area is 101 Å². The maximum atomic E-state index is 4.64. The number of hydrogen-bond acceptors (Lipinski definition) is 3. The van der Waals surface area contributed by atoms with E-state index in [2.05, 4.69) is 52.9 Å². The number of hydrogen-bond donors (Lipinski definition) is 2. The molecule has 0 saturated carbocycles. The van der Waals surface area contributed by atoms with Crippen molar-refractivity contribution in [2.24, 2.45) is 0 Å². The molecule has 3 rings (SSSR count). The van der Waals surface area contributed by atoms with Gasteiger partial charge in [0.1, 0.15) is 5.82 Å². The van der Waals surface area contributed by atoms with Gasteiger partial charge in [-0.1, -0.05) is 11.6 Å². The van der Waals surface area contributed by atoms with E-state index in [-0.39, 0.29) is 0 Å². The van der Waals surface area contributed by atoms with Gasteiger partial charge in [0, 0.05) is 18.0 Å². The highest BCUT2D eigenvalue weighted by atomic mass is 15.1. The van der Waals surface area contributed by atoms with Crippen molar-refractivity contribution in [3.63, 3.8) is 0 Å². The Bertz CT molecular complexity index is 530. The monoisotopic (exact) mass is 227 g/mol. The lowest BCUT2D eigenvalue weighted by Gasteiger charge is -2.12. The van der Waals surface area contributed by atoms with Gasteiger partial charge >= 0.3 is 0 Å². The number of fused-ring (bicyclic) bond motifs is 1. The molecule has 0 radical (unpaired) electrons. The fourth-order valence-electron chi connectivity index (χ4n) is 2.31. The number of aromatic nitrogens is 1. The van der Waals surface area contributed by atoms with Crippen molar-refractivity contribution in [1.82, 2.24) is 10.3 Å². The average molecular weight is 227 g/mol. The second-order valence-electron chi connectivity index (χ2n) is 4.73. The SMILES string of the molecule is Cc1ccc2nc(NC3CCNC3)ccc2c1. The average Bonchev–Trinajstić information content (AvgIpc) is 2.82. The van der Waals surface area contributed by atoms with E-state index in [9.17, 15) is 0 Å². The van der Waals surface area contributed by atoms with Crippen LogP contribution in [0.1, 0.15) is 12.0 Å². The van der Waals surface area contributed by atoms with Crippen molar-refractivity contribution in [2.75, 3.05) is 18.4 Å². The van der Waals surface area contributed by atoms with Crippen LogP contribution in [0.2, 0.25) is 0 Å². The molecule has 1 saturated heterocycles. The van der Waals surface area contributed by atoms with E-state index >= 15 is 0 Å². The van der Waals surface area contributed by atoms with Crippen molar-refractivity contribution in [3.05, 3.63) is 35.9 Å². The van der Waals surface area contributed by atoms with Crippen LogP contribution in [0, 0.1) is 6.92 Å². The third-order valence-electron chi connectivity index (χ3n) is 3.26. The first-order valence-electron chi connectivity index (χ1n) is 6.16. The minimum absolute atomic E-state index is 0.519. The molecule has 1 aliphatic heterocycles. The van der Waals surface area contributed by atoms with Crippen LogP contribution in [-0.2, 0) is 0 Å². The van der Waals surface area contributed by atoms with E-state index in [1.165, 1.54) is 17.4 Å². The van der Waals surface area contributed by atoms with Crippen LogP contribution in [0.15, 0.2) is 30.3 Å². The van der Waals surface area contributed by atoms with Crippen LogP contribution in [-0.4, -0.2) is 24.1 Å². The van der Waals surface area contributed by atoms with Gasteiger partial charge in [0.25, 0.3) is 0 Å². The Morgan fingerprint density at radius 3 is 3.06 bits per heavy atom. The van der Waals surface area contributed by atoms with Gasteiger partial charge in [-0.2, -0.15) is 0 Å². The number of rotatable bonds is 2. The molecule has 3 nitrogen and oxygen atoms in total. The second kappa shape index (κ2) is 4.34. The molecule has 1 fully saturated rings. The molecule has 2 heterocycles. The van der Waals surface area contributed by atoms with E-state index in [4.69, 9.17) is 0 Å². The summed E-state index contributed by atoms with van der Waals surface area (Å²) in [6, 6.07) is 11.1. The van der Waals surface area contributed by atoms with Crippen LogP contribution in [0.5, 0.6) is 0 Å². The summed E-state index contributed by atoms with van der Waals surface area (Å²) in [5, 5.41) is 8.03. The van der Waals surface area contributed by atoms with Crippen LogP contribution in [0.3, 0.4) is 0 Å². The zero-order valence-corrected chi connectivity index (χ0v) is 10.0. The molecule has 17 heavy (non-hydrogen) atoms. The van der Waals surface area contributed by atoms with Crippen molar-refractivity contribution < 1.29 is 0 Å². The minimum Gasteiger partial charge on any atom is -0.366 e. The maximum Gasteiger partial charge on any atom is 0.126 e. The van der Waals surface area contributed by atoms with E-state index in [0.29, 0.717) is 6.04 Å². The third-order valence-corrected chi connectivity index (χ3v) is 3.26. The van der Waals surface area contributed by atoms with Crippen molar-refractivity contribution >= 4 is 16.7 Å². The molecule has 88 valence electrons. The lowest BCUT2D eigenvalue weighted by molar-refractivity contribution is 0.789. The normalized spacial score (nSPS) is 19.7. The van der Waals surface area contributed by atoms with Crippen molar-refractivity contribution in [2.45, 2.75) is 19.4 Å². The lowest BCUT2D eigenvalue weighted by Crippen LogP contribution is -2.22. The number of nitrogens with one attached hydrogen (secondary N) is 2. The van der Waals surface area contributed by atoms with Gasteiger partial charge in [-0.3, -0.25) is 0 Å². The first-order chi connectivity index (χ1) is 8.31. The van der Waals surface area contributed by atoms with Gasteiger partial charge in [-0.15, -0.1) is 0 Å². The molecule has 0 spiro atoms. The van der Waals surface area contributed by atoms with Gasteiger partial charge in [-0.25, -0.2) is 4.98 Å². The van der Waals surface area contributed by atoms with E-state index in [1.807, 2.05) is 0 Å². The standard InChI is InChI=1S/C14H17N3/c1-10-2-4-13-11(8-10)3-5-14(17-13)16-12-6-7-15-9-12/h2-5,8,12,15H,6-7,9H2,1H3,(H,16,17). The minimum atomic E-state index is 0.519. The molecule has 3 heteroatoms. The fourth-order valence-corrected chi connectivity index (χ4v) is 2.31. The molecule has 2 N–H and O–H groups in total. The van der Waals surface area contributed by atoms with Gasteiger partial charge in [-0.05, 0) is 44.2 Å². The fraction of sp³-hybridized carbons (Fsp3) is 0.357. The topological polar surface area (TPSA) is 37.0 Å².